The summed E-state index contributed by atoms with van der Waals surface area (Å²) in [7, 11) is 0. The van der Waals surface area contributed by atoms with Gasteiger partial charge in [-0.3, -0.25) is 4.98 Å². The molecule has 3 heterocycles. The summed E-state index contributed by atoms with van der Waals surface area (Å²) in [5.74, 6) is 0. The van der Waals surface area contributed by atoms with E-state index in [0.717, 1.165) is 104 Å². The van der Waals surface area contributed by atoms with Crippen molar-refractivity contribution in [3.05, 3.63) is 205 Å². The molecular weight excluding hydrogens is 731 g/mol. The lowest BCUT2D eigenvalue weighted by Crippen LogP contribution is -2.08. The van der Waals surface area contributed by atoms with E-state index in [0.29, 0.717) is 16.8 Å². The first-order valence-corrected chi connectivity index (χ1v) is 20.0. The fourth-order valence-electron chi connectivity index (χ4n) is 9.85. The normalized spacial score (nSPS) is 11.6. The predicted octanol–water partition coefficient (Wildman–Crippen LogP) is 14.4. The summed E-state index contributed by atoms with van der Waals surface area (Å²) in [6.45, 7) is 9.14. The van der Waals surface area contributed by atoms with Gasteiger partial charge in [-0.25, -0.2) is 4.85 Å². The summed E-state index contributed by atoms with van der Waals surface area (Å²) in [5, 5.41) is 19.4. The van der Waals surface area contributed by atoms with Crippen LogP contribution in [0, 0.1) is 17.9 Å². The van der Waals surface area contributed by atoms with Crippen molar-refractivity contribution in [2.75, 3.05) is 0 Å². The summed E-state index contributed by atoms with van der Waals surface area (Å²) in [6.07, 6.45) is 1.88. The van der Waals surface area contributed by atoms with Crippen molar-refractivity contribution in [3.63, 3.8) is 0 Å². The first-order valence-electron chi connectivity index (χ1n) is 20.0. The predicted molar refractivity (Wildman–Crippen MR) is 246 cm³/mol. The average molecular weight is 762 g/mol. The second-order valence-electron chi connectivity index (χ2n) is 15.2. The van der Waals surface area contributed by atoms with Crippen LogP contribution in [0.3, 0.4) is 0 Å². The summed E-state index contributed by atoms with van der Waals surface area (Å²) in [5.41, 5.74) is 12.4. The van der Waals surface area contributed by atoms with E-state index in [2.05, 4.69) is 147 Å². The molecule has 0 saturated heterocycles. The quantitative estimate of drug-likeness (QED) is 0.130. The van der Waals surface area contributed by atoms with Crippen molar-refractivity contribution < 1.29 is 0 Å². The fourth-order valence-corrected chi connectivity index (χ4v) is 9.85. The van der Waals surface area contributed by atoms with Crippen LogP contribution in [0.4, 0.5) is 5.69 Å². The van der Waals surface area contributed by atoms with Gasteiger partial charge in [0, 0.05) is 44.3 Å². The van der Waals surface area contributed by atoms with E-state index >= 15 is 0 Å². The van der Waals surface area contributed by atoms with Crippen molar-refractivity contribution in [1.29, 1.82) is 5.26 Å². The SMILES string of the molecule is [C-]#[N+]c1c(-c2ccccc2)c(C#N)c(-n2c3ccccc3c3c(-c4ccccc4)cccc32)c(-c2ccccc2)c1-n1c2cccc3c4ccccc4c4nccc1c4c32. The van der Waals surface area contributed by atoms with E-state index in [9.17, 15) is 5.26 Å². The van der Waals surface area contributed by atoms with Crippen LogP contribution in [0.2, 0.25) is 0 Å². The zero-order valence-electron chi connectivity index (χ0n) is 32.1. The molecule has 60 heavy (non-hydrogen) atoms. The van der Waals surface area contributed by atoms with Crippen LogP contribution in [0.25, 0.3) is 115 Å². The largest absolute Gasteiger partial charge is 0.318 e. The van der Waals surface area contributed by atoms with Gasteiger partial charge in [0.1, 0.15) is 6.07 Å². The van der Waals surface area contributed by atoms with Gasteiger partial charge in [0.2, 0.25) is 5.69 Å². The molecule has 0 N–H and O–H groups in total. The molecule has 3 aromatic heterocycles. The van der Waals surface area contributed by atoms with Crippen molar-refractivity contribution in [2.45, 2.75) is 0 Å². The summed E-state index contributed by atoms with van der Waals surface area (Å²) >= 11 is 0. The molecule has 0 unspecified atom stereocenters. The molecule has 0 aliphatic heterocycles. The molecule has 0 radical (unpaired) electrons. The van der Waals surface area contributed by atoms with Crippen molar-refractivity contribution in [2.24, 2.45) is 0 Å². The molecule has 0 fully saturated rings. The van der Waals surface area contributed by atoms with Crippen LogP contribution in [0.5, 0.6) is 0 Å². The number of nitrogens with zero attached hydrogens (tertiary/aromatic N) is 5. The van der Waals surface area contributed by atoms with Crippen molar-refractivity contribution >= 4 is 71.0 Å². The Bertz CT molecular complexity index is 3680. The second-order valence-corrected chi connectivity index (χ2v) is 15.2. The smallest absolute Gasteiger partial charge is 0.220 e. The summed E-state index contributed by atoms with van der Waals surface area (Å²) in [6, 6.07) is 65.4. The highest BCUT2D eigenvalue weighted by Gasteiger charge is 2.32. The Morgan fingerprint density at radius 1 is 0.450 bits per heavy atom. The Morgan fingerprint density at radius 2 is 0.983 bits per heavy atom. The first-order chi connectivity index (χ1) is 29.8. The van der Waals surface area contributed by atoms with Gasteiger partial charge in [-0.1, -0.05) is 158 Å². The molecule has 0 saturated carbocycles. The highest BCUT2D eigenvalue weighted by molar-refractivity contribution is 6.33. The number of hydrogen-bond acceptors (Lipinski definition) is 2. The third kappa shape index (κ3) is 4.57. The Morgan fingerprint density at radius 3 is 1.68 bits per heavy atom. The van der Waals surface area contributed by atoms with Gasteiger partial charge >= 0.3 is 0 Å². The Labute approximate surface area is 345 Å². The molecule has 12 aromatic rings. The molecular formula is C55H31N5. The Hall–Kier alpha value is -8.51. The van der Waals surface area contributed by atoms with E-state index < -0.39 is 0 Å². The number of benzene rings is 9. The molecule has 0 aliphatic carbocycles. The highest BCUT2D eigenvalue weighted by atomic mass is 15.0. The third-order valence-electron chi connectivity index (χ3n) is 12.2. The zero-order chi connectivity index (χ0) is 39.9. The lowest BCUT2D eigenvalue weighted by Gasteiger charge is -2.25. The number of pyridine rings is 1. The molecule has 276 valence electrons. The lowest BCUT2D eigenvalue weighted by molar-refractivity contribution is 1.13. The minimum absolute atomic E-state index is 0.408. The second kappa shape index (κ2) is 13.0. The fraction of sp³-hybridized carbons (Fsp3) is 0. The minimum atomic E-state index is 0.408. The van der Waals surface area contributed by atoms with Gasteiger partial charge in [0.15, 0.2) is 0 Å². The third-order valence-corrected chi connectivity index (χ3v) is 12.2. The lowest BCUT2D eigenvalue weighted by atomic mass is 9.88. The molecule has 0 aliphatic rings. The van der Waals surface area contributed by atoms with Crippen LogP contribution in [-0.4, -0.2) is 14.1 Å². The topological polar surface area (TPSA) is 50.9 Å². The standard InChI is InChI=1S/C55H31N5/c1-57-53-47(35-19-7-3-8-20-35)42(33-56)54(59-43-28-14-13-25-41(43)49-37(26-15-29-44(49)59)34-17-5-2-6-18-34)48(36-21-9-4-10-22-36)55(53)60-45-30-16-27-39-38-23-11-12-24-40(38)52-51(50(39)45)46(60)31-32-58-52/h2-32H. The van der Waals surface area contributed by atoms with Crippen molar-refractivity contribution in [3.8, 4) is 50.8 Å². The molecule has 12 rings (SSSR count). The highest BCUT2D eigenvalue weighted by Crippen LogP contribution is 2.53. The van der Waals surface area contributed by atoms with Gasteiger partial charge in [-0.2, -0.15) is 5.26 Å². The van der Waals surface area contributed by atoms with Gasteiger partial charge in [-0.05, 0) is 57.3 Å². The molecule has 0 atom stereocenters. The number of para-hydroxylation sites is 1. The van der Waals surface area contributed by atoms with E-state index in [1.54, 1.807) is 0 Å². The van der Waals surface area contributed by atoms with Gasteiger partial charge in [-0.15, -0.1) is 0 Å². The van der Waals surface area contributed by atoms with E-state index in [-0.39, 0.29) is 0 Å². The maximum Gasteiger partial charge on any atom is 0.220 e. The van der Waals surface area contributed by atoms with Crippen LogP contribution in [0.1, 0.15) is 5.56 Å². The van der Waals surface area contributed by atoms with Gasteiger partial charge in [0.25, 0.3) is 0 Å². The van der Waals surface area contributed by atoms with Crippen LogP contribution in [-0.2, 0) is 0 Å². The maximum atomic E-state index is 11.7. The van der Waals surface area contributed by atoms with Crippen LogP contribution < -0.4 is 0 Å². The van der Waals surface area contributed by atoms with E-state index in [4.69, 9.17) is 11.6 Å². The molecule has 0 spiro atoms. The number of rotatable bonds is 5. The number of aromatic nitrogens is 3. The maximum absolute atomic E-state index is 11.7. The average Bonchev–Trinajstić information content (AvgIpc) is 3.84. The number of hydrogen-bond donors (Lipinski definition) is 0. The summed E-state index contributed by atoms with van der Waals surface area (Å²) in [4.78, 5) is 9.49. The van der Waals surface area contributed by atoms with Crippen LogP contribution >= 0.6 is 0 Å². The Kier molecular flexibility index (Phi) is 7.29. The first kappa shape index (κ1) is 33.6. The molecule has 0 amide bonds. The molecule has 5 nitrogen and oxygen atoms in total. The monoisotopic (exact) mass is 761 g/mol. The van der Waals surface area contributed by atoms with Crippen molar-refractivity contribution in [1.82, 2.24) is 14.1 Å². The molecule has 0 bridgehead atoms. The van der Waals surface area contributed by atoms with Gasteiger partial charge in [0.05, 0.1) is 51.1 Å². The van der Waals surface area contributed by atoms with E-state index in [1.807, 2.05) is 60.8 Å². The molecule has 5 heteroatoms. The molecule has 9 aromatic carbocycles. The van der Waals surface area contributed by atoms with E-state index in [1.165, 1.54) is 0 Å². The van der Waals surface area contributed by atoms with Crippen LogP contribution in [0.15, 0.2) is 188 Å². The number of fused-ring (bicyclic) bond motifs is 6. The summed E-state index contributed by atoms with van der Waals surface area (Å²) < 4.78 is 4.56. The van der Waals surface area contributed by atoms with Gasteiger partial charge < -0.3 is 9.13 Å². The zero-order valence-corrected chi connectivity index (χ0v) is 32.1. The number of nitriles is 1. The minimum Gasteiger partial charge on any atom is -0.318 e. The Balaban J connectivity index is 1.37.